The van der Waals surface area contributed by atoms with Crippen molar-refractivity contribution in [3.05, 3.63) is 0 Å². The number of rotatable bonds is 5. The van der Waals surface area contributed by atoms with Crippen molar-refractivity contribution in [1.82, 2.24) is 4.31 Å². The van der Waals surface area contributed by atoms with Crippen LogP contribution in [0.25, 0.3) is 0 Å². The number of aliphatic hydroxyl groups is 1. The van der Waals surface area contributed by atoms with Gasteiger partial charge in [0.15, 0.2) is 0 Å². The Morgan fingerprint density at radius 2 is 1.80 bits per heavy atom. The van der Waals surface area contributed by atoms with Crippen LogP contribution in [0.3, 0.4) is 0 Å². The van der Waals surface area contributed by atoms with E-state index in [9.17, 15) is 8.42 Å². The molecule has 0 heterocycles. The summed E-state index contributed by atoms with van der Waals surface area (Å²) >= 11 is 0. The highest BCUT2D eigenvalue weighted by Crippen LogP contribution is 2.25. The first-order chi connectivity index (χ1) is 6.63. The zero-order chi connectivity index (χ0) is 12.3. The summed E-state index contributed by atoms with van der Waals surface area (Å²) in [5, 5.41) is 8.63. The second kappa shape index (κ2) is 5.27. The molecule has 1 unspecified atom stereocenters. The van der Waals surface area contributed by atoms with Gasteiger partial charge in [-0.25, -0.2) is 12.7 Å². The quantitative estimate of drug-likeness (QED) is 0.778. The molecule has 0 fully saturated rings. The lowest BCUT2D eigenvalue weighted by Gasteiger charge is -2.34. The highest BCUT2D eigenvalue weighted by molar-refractivity contribution is 7.89. The van der Waals surface area contributed by atoms with E-state index in [4.69, 9.17) is 5.11 Å². The van der Waals surface area contributed by atoms with Gasteiger partial charge in [-0.3, -0.25) is 0 Å². The fourth-order valence-electron chi connectivity index (χ4n) is 1.18. The molecule has 0 spiro atoms. The third-order valence-electron chi connectivity index (χ3n) is 2.80. The van der Waals surface area contributed by atoms with Crippen LogP contribution in [0.2, 0.25) is 0 Å². The molecule has 0 aromatic carbocycles. The van der Waals surface area contributed by atoms with Gasteiger partial charge in [0.05, 0.1) is 5.75 Å². The van der Waals surface area contributed by atoms with E-state index in [2.05, 4.69) is 0 Å². The van der Waals surface area contributed by atoms with E-state index < -0.39 is 10.0 Å². The van der Waals surface area contributed by atoms with Crippen LogP contribution in [-0.4, -0.2) is 43.3 Å². The van der Waals surface area contributed by atoms with Crippen LogP contribution >= 0.6 is 0 Å². The maximum absolute atomic E-state index is 11.8. The summed E-state index contributed by atoms with van der Waals surface area (Å²) in [6.45, 7) is 7.84. The van der Waals surface area contributed by atoms with E-state index in [-0.39, 0.29) is 23.8 Å². The molecule has 0 aromatic heterocycles. The van der Waals surface area contributed by atoms with Crippen LogP contribution in [0.15, 0.2) is 0 Å². The zero-order valence-corrected chi connectivity index (χ0v) is 11.1. The molecule has 5 heteroatoms. The molecule has 1 atom stereocenters. The summed E-state index contributed by atoms with van der Waals surface area (Å²) in [7, 11) is -1.63. The molecule has 0 aliphatic rings. The molecule has 0 saturated heterocycles. The second-order valence-electron chi connectivity index (χ2n) is 4.95. The van der Waals surface area contributed by atoms with Crippen molar-refractivity contribution >= 4 is 10.0 Å². The molecule has 92 valence electrons. The molecule has 0 radical (unpaired) electrons. The Kier molecular flexibility index (Phi) is 5.23. The molecular formula is C10H23NO3S. The van der Waals surface area contributed by atoms with E-state index in [1.807, 2.05) is 27.7 Å². The number of hydrogen-bond acceptors (Lipinski definition) is 3. The molecule has 0 bridgehead atoms. The Labute approximate surface area is 93.3 Å². The first-order valence-corrected chi connectivity index (χ1v) is 6.80. The number of nitrogens with zero attached hydrogens (tertiary/aromatic N) is 1. The maximum Gasteiger partial charge on any atom is 0.214 e. The van der Waals surface area contributed by atoms with Crippen LogP contribution < -0.4 is 0 Å². The molecule has 0 aliphatic heterocycles. The summed E-state index contributed by atoms with van der Waals surface area (Å²) in [5.74, 6) is 0.0143. The Morgan fingerprint density at radius 1 is 1.33 bits per heavy atom. The summed E-state index contributed by atoms with van der Waals surface area (Å²) in [6, 6.07) is -0.0545. The molecule has 0 saturated carbocycles. The monoisotopic (exact) mass is 237 g/mol. The van der Waals surface area contributed by atoms with Crippen molar-refractivity contribution in [2.45, 2.75) is 40.2 Å². The Hall–Kier alpha value is -0.130. The Bertz CT molecular complexity index is 280. The van der Waals surface area contributed by atoms with Crippen molar-refractivity contribution in [2.75, 3.05) is 19.4 Å². The third-order valence-corrected chi connectivity index (χ3v) is 4.80. The molecule has 1 N–H and O–H groups in total. The highest BCUT2D eigenvalue weighted by Gasteiger charge is 2.30. The fraction of sp³-hybridized carbons (Fsp3) is 1.00. The van der Waals surface area contributed by atoms with Gasteiger partial charge < -0.3 is 5.11 Å². The van der Waals surface area contributed by atoms with Gasteiger partial charge in [0.25, 0.3) is 0 Å². The van der Waals surface area contributed by atoms with Crippen LogP contribution in [0.5, 0.6) is 0 Å². The largest absolute Gasteiger partial charge is 0.396 e. The Balaban J connectivity index is 4.63. The van der Waals surface area contributed by atoms with E-state index in [1.54, 1.807) is 7.05 Å². The molecule has 0 rings (SSSR count). The van der Waals surface area contributed by atoms with Gasteiger partial charge in [0, 0.05) is 19.7 Å². The van der Waals surface area contributed by atoms with Crippen molar-refractivity contribution in [2.24, 2.45) is 5.41 Å². The van der Waals surface area contributed by atoms with Gasteiger partial charge in [-0.15, -0.1) is 0 Å². The van der Waals surface area contributed by atoms with Crippen LogP contribution in [0.4, 0.5) is 0 Å². The highest BCUT2D eigenvalue weighted by atomic mass is 32.2. The second-order valence-corrected chi connectivity index (χ2v) is 7.10. The number of hydrogen-bond donors (Lipinski definition) is 1. The van der Waals surface area contributed by atoms with E-state index in [0.717, 1.165) is 0 Å². The average Bonchev–Trinajstić information content (AvgIpc) is 2.10. The summed E-state index contributed by atoms with van der Waals surface area (Å²) in [4.78, 5) is 0. The molecule has 4 nitrogen and oxygen atoms in total. The first-order valence-electron chi connectivity index (χ1n) is 5.19. The lowest BCUT2D eigenvalue weighted by molar-refractivity contribution is 0.215. The normalized spacial score (nSPS) is 15.7. The van der Waals surface area contributed by atoms with Gasteiger partial charge in [0.2, 0.25) is 10.0 Å². The number of sulfonamides is 1. The van der Waals surface area contributed by atoms with E-state index >= 15 is 0 Å². The fourth-order valence-corrected chi connectivity index (χ4v) is 2.76. The van der Waals surface area contributed by atoms with Gasteiger partial charge in [0.1, 0.15) is 0 Å². The van der Waals surface area contributed by atoms with E-state index in [1.165, 1.54) is 4.31 Å². The summed E-state index contributed by atoms with van der Waals surface area (Å²) in [6.07, 6.45) is 0.295. The third kappa shape index (κ3) is 4.49. The molecule has 0 amide bonds. The SMILES string of the molecule is CC(N(C)S(=O)(=O)CCCO)C(C)(C)C. The Morgan fingerprint density at radius 3 is 2.13 bits per heavy atom. The van der Waals surface area contributed by atoms with Crippen molar-refractivity contribution in [3.8, 4) is 0 Å². The lowest BCUT2D eigenvalue weighted by atomic mass is 9.88. The minimum Gasteiger partial charge on any atom is -0.396 e. The van der Waals surface area contributed by atoms with Crippen molar-refractivity contribution in [1.29, 1.82) is 0 Å². The lowest BCUT2D eigenvalue weighted by Crippen LogP contribution is -2.43. The van der Waals surface area contributed by atoms with Gasteiger partial charge >= 0.3 is 0 Å². The van der Waals surface area contributed by atoms with Crippen molar-refractivity contribution in [3.63, 3.8) is 0 Å². The van der Waals surface area contributed by atoms with E-state index in [0.29, 0.717) is 6.42 Å². The standard InChI is InChI=1S/C10H23NO3S/c1-9(10(2,3)4)11(5)15(13,14)8-6-7-12/h9,12H,6-8H2,1-5H3. The minimum atomic E-state index is -3.23. The van der Waals surface area contributed by atoms with Gasteiger partial charge in [-0.2, -0.15) is 0 Å². The zero-order valence-electron chi connectivity index (χ0n) is 10.3. The summed E-state index contributed by atoms with van der Waals surface area (Å²) in [5.41, 5.74) is -0.0823. The molecule has 15 heavy (non-hydrogen) atoms. The molecular weight excluding hydrogens is 214 g/mol. The molecule has 0 aliphatic carbocycles. The maximum atomic E-state index is 11.8. The number of aliphatic hydroxyl groups excluding tert-OH is 1. The first kappa shape index (κ1) is 14.9. The average molecular weight is 237 g/mol. The van der Waals surface area contributed by atoms with Crippen LogP contribution in [0, 0.1) is 5.41 Å². The summed E-state index contributed by atoms with van der Waals surface area (Å²) < 4.78 is 25.0. The topological polar surface area (TPSA) is 57.6 Å². The van der Waals surface area contributed by atoms with Gasteiger partial charge in [-0.1, -0.05) is 20.8 Å². The predicted octanol–water partition coefficient (Wildman–Crippen LogP) is 1.06. The molecule has 0 aromatic rings. The minimum absolute atomic E-state index is 0.0143. The van der Waals surface area contributed by atoms with Crippen molar-refractivity contribution < 1.29 is 13.5 Å². The predicted molar refractivity (Wildman–Crippen MR) is 62.2 cm³/mol. The van der Waals surface area contributed by atoms with Gasteiger partial charge in [-0.05, 0) is 18.8 Å². The van der Waals surface area contributed by atoms with Crippen LogP contribution in [0.1, 0.15) is 34.1 Å². The van der Waals surface area contributed by atoms with Crippen LogP contribution in [-0.2, 0) is 10.0 Å². The smallest absolute Gasteiger partial charge is 0.214 e.